The zero-order chi connectivity index (χ0) is 13.8. The molecule has 1 aliphatic heterocycles. The van der Waals surface area contributed by atoms with Crippen molar-refractivity contribution in [1.29, 1.82) is 0 Å². The summed E-state index contributed by atoms with van der Waals surface area (Å²) in [5, 5.41) is 0. The Morgan fingerprint density at radius 3 is 2.00 bits per heavy atom. The second-order valence-electron chi connectivity index (χ2n) is 4.77. The van der Waals surface area contributed by atoms with Gasteiger partial charge in [-0.05, 0) is 32.5 Å². The van der Waals surface area contributed by atoms with Gasteiger partial charge >= 0.3 is 0 Å². The van der Waals surface area contributed by atoms with Crippen LogP contribution in [-0.2, 0) is 10.2 Å². The van der Waals surface area contributed by atoms with Crippen molar-refractivity contribution in [1.82, 2.24) is 13.5 Å². The van der Waals surface area contributed by atoms with Gasteiger partial charge in [-0.25, -0.2) is 0 Å². The lowest BCUT2D eigenvalue weighted by molar-refractivity contribution is 0.172. The minimum absolute atomic E-state index is 0.151. The third kappa shape index (κ3) is 3.44. The van der Waals surface area contributed by atoms with Gasteiger partial charge in [0.1, 0.15) is 0 Å². The molecule has 0 amide bonds. The maximum absolute atomic E-state index is 12.4. The molecule has 5 nitrogen and oxygen atoms in total. The summed E-state index contributed by atoms with van der Waals surface area (Å²) in [5.41, 5.74) is 0. The molecule has 1 fully saturated rings. The van der Waals surface area contributed by atoms with Crippen LogP contribution in [0.3, 0.4) is 0 Å². The van der Waals surface area contributed by atoms with Gasteiger partial charge in [0, 0.05) is 26.2 Å². The summed E-state index contributed by atoms with van der Waals surface area (Å²) >= 11 is 0. The fraction of sp³-hybridized carbons (Fsp3) is 1.00. The lowest BCUT2D eigenvalue weighted by atomic mass is 10.1. The molecule has 0 N–H and O–H groups in total. The predicted molar refractivity (Wildman–Crippen MR) is 74.7 cm³/mol. The second kappa shape index (κ2) is 6.84. The first-order chi connectivity index (χ1) is 8.47. The number of hydrogen-bond donors (Lipinski definition) is 0. The summed E-state index contributed by atoms with van der Waals surface area (Å²) in [6, 6.07) is 0.151. The van der Waals surface area contributed by atoms with Crippen LogP contribution in [0, 0.1) is 0 Å². The van der Waals surface area contributed by atoms with Gasteiger partial charge in [0.25, 0.3) is 10.2 Å². The molecule has 1 saturated heterocycles. The number of likely N-dealkylation sites (tertiary alicyclic amines) is 1. The molecule has 1 heterocycles. The van der Waals surface area contributed by atoms with Crippen molar-refractivity contribution in [2.24, 2.45) is 0 Å². The molecule has 0 radical (unpaired) electrons. The molecule has 1 aliphatic rings. The van der Waals surface area contributed by atoms with Crippen molar-refractivity contribution < 1.29 is 8.42 Å². The fourth-order valence-electron chi connectivity index (χ4n) is 2.52. The Morgan fingerprint density at radius 1 is 1.11 bits per heavy atom. The third-order valence-electron chi connectivity index (χ3n) is 3.91. The van der Waals surface area contributed by atoms with Crippen LogP contribution in [0.15, 0.2) is 0 Å². The monoisotopic (exact) mass is 277 g/mol. The normalized spacial score (nSPS) is 19.9. The molecule has 0 aromatic rings. The maximum Gasteiger partial charge on any atom is 0.281 e. The van der Waals surface area contributed by atoms with E-state index in [2.05, 4.69) is 11.8 Å². The van der Waals surface area contributed by atoms with E-state index in [1.807, 2.05) is 13.8 Å². The van der Waals surface area contributed by atoms with E-state index in [1.54, 1.807) is 11.4 Å². The van der Waals surface area contributed by atoms with E-state index in [0.29, 0.717) is 13.1 Å². The first-order valence-corrected chi connectivity index (χ1v) is 8.32. The van der Waals surface area contributed by atoms with Crippen LogP contribution in [0.25, 0.3) is 0 Å². The Morgan fingerprint density at radius 2 is 1.61 bits per heavy atom. The molecule has 0 atom stereocenters. The van der Waals surface area contributed by atoms with Gasteiger partial charge in [-0.15, -0.1) is 0 Å². The Labute approximate surface area is 112 Å². The highest BCUT2D eigenvalue weighted by molar-refractivity contribution is 7.86. The summed E-state index contributed by atoms with van der Waals surface area (Å²) in [6.45, 7) is 10.0. The lowest BCUT2D eigenvalue weighted by Crippen LogP contribution is -2.50. The van der Waals surface area contributed by atoms with Crippen LogP contribution >= 0.6 is 0 Å². The van der Waals surface area contributed by atoms with Crippen molar-refractivity contribution in [3.8, 4) is 0 Å². The Hall–Kier alpha value is -0.170. The van der Waals surface area contributed by atoms with Crippen LogP contribution in [0.5, 0.6) is 0 Å². The zero-order valence-corrected chi connectivity index (χ0v) is 12.9. The Kier molecular flexibility index (Phi) is 6.04. The van der Waals surface area contributed by atoms with Gasteiger partial charge in [0.05, 0.1) is 0 Å². The van der Waals surface area contributed by atoms with Gasteiger partial charge in [0.15, 0.2) is 0 Å². The van der Waals surface area contributed by atoms with Gasteiger partial charge in [-0.2, -0.15) is 17.0 Å². The van der Waals surface area contributed by atoms with Crippen molar-refractivity contribution in [2.75, 3.05) is 39.8 Å². The molecular weight excluding hydrogens is 250 g/mol. The fourth-order valence-corrected chi connectivity index (χ4v) is 4.12. The number of piperidine rings is 1. The van der Waals surface area contributed by atoms with Crippen molar-refractivity contribution in [3.63, 3.8) is 0 Å². The molecule has 1 rings (SSSR count). The minimum atomic E-state index is -3.28. The summed E-state index contributed by atoms with van der Waals surface area (Å²) in [6.07, 6.45) is 1.87. The Balaban J connectivity index is 2.67. The van der Waals surface area contributed by atoms with Gasteiger partial charge in [-0.3, -0.25) is 0 Å². The average Bonchev–Trinajstić information content (AvgIpc) is 2.39. The predicted octanol–water partition coefficient (Wildman–Crippen LogP) is 0.989. The summed E-state index contributed by atoms with van der Waals surface area (Å²) in [4.78, 5) is 2.37. The zero-order valence-electron chi connectivity index (χ0n) is 12.1. The van der Waals surface area contributed by atoms with E-state index in [-0.39, 0.29) is 6.04 Å². The first kappa shape index (κ1) is 15.9. The van der Waals surface area contributed by atoms with E-state index in [9.17, 15) is 8.42 Å². The van der Waals surface area contributed by atoms with Crippen LogP contribution in [-0.4, -0.2) is 67.7 Å². The molecule has 0 aromatic heterocycles. The van der Waals surface area contributed by atoms with Gasteiger partial charge < -0.3 is 4.90 Å². The SMILES string of the molecule is CCN1CCC(N(C)S(=O)(=O)N(CC)CC)CC1. The molecule has 6 heteroatoms. The van der Waals surface area contributed by atoms with Crippen molar-refractivity contribution in [3.05, 3.63) is 0 Å². The van der Waals surface area contributed by atoms with E-state index in [4.69, 9.17) is 0 Å². The summed E-state index contributed by atoms with van der Waals surface area (Å²) in [7, 11) is -1.55. The molecule has 0 bridgehead atoms. The molecule has 0 aliphatic carbocycles. The highest BCUT2D eigenvalue weighted by Crippen LogP contribution is 2.19. The summed E-state index contributed by atoms with van der Waals surface area (Å²) < 4.78 is 27.9. The third-order valence-corrected chi connectivity index (χ3v) is 6.11. The molecule has 0 unspecified atom stereocenters. The molecular formula is C12H27N3O2S. The van der Waals surface area contributed by atoms with E-state index >= 15 is 0 Å². The molecule has 0 spiro atoms. The molecule has 18 heavy (non-hydrogen) atoms. The summed E-state index contributed by atoms with van der Waals surface area (Å²) in [5.74, 6) is 0. The quantitative estimate of drug-likeness (QED) is 0.727. The smallest absolute Gasteiger partial charge is 0.281 e. The van der Waals surface area contributed by atoms with Crippen molar-refractivity contribution in [2.45, 2.75) is 39.7 Å². The highest BCUT2D eigenvalue weighted by atomic mass is 32.2. The topological polar surface area (TPSA) is 43.9 Å². The van der Waals surface area contributed by atoms with Gasteiger partial charge in [0.2, 0.25) is 0 Å². The van der Waals surface area contributed by atoms with Crippen molar-refractivity contribution >= 4 is 10.2 Å². The van der Waals surface area contributed by atoms with E-state index < -0.39 is 10.2 Å². The molecule has 108 valence electrons. The number of nitrogens with zero attached hydrogens (tertiary/aromatic N) is 3. The first-order valence-electron chi connectivity index (χ1n) is 6.92. The minimum Gasteiger partial charge on any atom is -0.303 e. The van der Waals surface area contributed by atoms with Crippen LogP contribution < -0.4 is 0 Å². The largest absolute Gasteiger partial charge is 0.303 e. The second-order valence-corrected chi connectivity index (χ2v) is 6.76. The highest BCUT2D eigenvalue weighted by Gasteiger charge is 2.32. The average molecular weight is 277 g/mol. The maximum atomic E-state index is 12.4. The van der Waals surface area contributed by atoms with E-state index in [1.165, 1.54) is 4.31 Å². The van der Waals surface area contributed by atoms with Gasteiger partial charge in [-0.1, -0.05) is 20.8 Å². The Bertz CT molecular complexity index is 333. The van der Waals surface area contributed by atoms with Crippen LogP contribution in [0.2, 0.25) is 0 Å². The number of hydrogen-bond acceptors (Lipinski definition) is 3. The lowest BCUT2D eigenvalue weighted by Gasteiger charge is -2.37. The molecule has 0 saturated carbocycles. The standard InChI is InChI=1S/C12H27N3O2S/c1-5-14-10-8-12(9-11-14)13(4)18(16,17)15(6-2)7-3/h12H,5-11H2,1-4H3. The van der Waals surface area contributed by atoms with Crippen LogP contribution in [0.4, 0.5) is 0 Å². The van der Waals surface area contributed by atoms with E-state index in [0.717, 1.165) is 32.5 Å². The molecule has 0 aromatic carbocycles. The number of rotatable bonds is 6. The van der Waals surface area contributed by atoms with Crippen LogP contribution in [0.1, 0.15) is 33.6 Å².